The van der Waals surface area contributed by atoms with Crippen LogP contribution in [0.1, 0.15) is 18.4 Å². The van der Waals surface area contributed by atoms with Crippen LogP contribution in [0.15, 0.2) is 59.8 Å². The molecule has 32 heavy (non-hydrogen) atoms. The van der Waals surface area contributed by atoms with Gasteiger partial charge in [-0.25, -0.2) is 12.4 Å². The maximum Gasteiger partial charge on any atom is 0.268 e. The van der Waals surface area contributed by atoms with Crippen molar-refractivity contribution in [2.45, 2.75) is 23.8 Å². The molecule has 1 aromatic carbocycles. The Morgan fingerprint density at radius 1 is 1.16 bits per heavy atom. The summed E-state index contributed by atoms with van der Waals surface area (Å²) in [7, 11) is 0.0204. The fraction of sp³-hybridized carbons (Fsp3) is 0.375. The number of aromatic nitrogens is 2. The first-order valence-electron chi connectivity index (χ1n) is 10.9. The molecule has 0 amide bonds. The molecule has 1 unspecified atom stereocenters. The summed E-state index contributed by atoms with van der Waals surface area (Å²) in [5.74, 6) is 0. The predicted molar refractivity (Wildman–Crippen MR) is 126 cm³/mol. The lowest BCUT2D eigenvalue weighted by Gasteiger charge is -2.21. The van der Waals surface area contributed by atoms with Crippen LogP contribution in [0.3, 0.4) is 0 Å². The Balaban J connectivity index is 1.56. The number of pyridine rings is 1. The lowest BCUT2D eigenvalue weighted by molar-refractivity contribution is 0.121. The minimum atomic E-state index is -3.78. The van der Waals surface area contributed by atoms with Crippen molar-refractivity contribution in [2.75, 3.05) is 45.2 Å². The molecule has 5 rings (SSSR count). The average Bonchev–Trinajstić information content (AvgIpc) is 3.45. The van der Waals surface area contributed by atoms with Gasteiger partial charge in [-0.2, -0.15) is 0 Å². The zero-order valence-corrected chi connectivity index (χ0v) is 19.3. The van der Waals surface area contributed by atoms with Gasteiger partial charge >= 0.3 is 0 Å². The van der Waals surface area contributed by atoms with Gasteiger partial charge in [0, 0.05) is 56.9 Å². The molecule has 0 aliphatic carbocycles. The molecule has 0 bridgehead atoms. The SMILES string of the molecule is COC1CCN(c2cccc(S(=O)(=O)n3cc(C4=CCN(C)CC4)c4ncccc43)c2)C1. The molecule has 2 aliphatic heterocycles. The second-order valence-corrected chi connectivity index (χ2v) is 10.4. The Labute approximate surface area is 189 Å². The minimum absolute atomic E-state index is 0.181. The molecule has 1 fully saturated rings. The van der Waals surface area contributed by atoms with Crippen LogP contribution in [0.5, 0.6) is 0 Å². The number of rotatable bonds is 5. The van der Waals surface area contributed by atoms with Crippen LogP contribution in [-0.4, -0.2) is 68.7 Å². The van der Waals surface area contributed by atoms with Gasteiger partial charge < -0.3 is 14.5 Å². The van der Waals surface area contributed by atoms with Crippen LogP contribution in [0.4, 0.5) is 5.69 Å². The van der Waals surface area contributed by atoms with Gasteiger partial charge in [-0.15, -0.1) is 0 Å². The lowest BCUT2D eigenvalue weighted by Crippen LogP contribution is -2.23. The van der Waals surface area contributed by atoms with E-state index in [-0.39, 0.29) is 11.0 Å². The molecular weight excluding hydrogens is 424 g/mol. The van der Waals surface area contributed by atoms with Gasteiger partial charge in [-0.1, -0.05) is 12.1 Å². The van der Waals surface area contributed by atoms with E-state index in [1.807, 2.05) is 18.2 Å². The van der Waals surface area contributed by atoms with E-state index in [0.29, 0.717) is 5.52 Å². The molecule has 2 aromatic heterocycles. The first kappa shape index (κ1) is 21.2. The summed E-state index contributed by atoms with van der Waals surface area (Å²) >= 11 is 0. The van der Waals surface area contributed by atoms with E-state index in [1.165, 1.54) is 3.97 Å². The molecule has 4 heterocycles. The van der Waals surface area contributed by atoms with Crippen molar-refractivity contribution in [2.24, 2.45) is 0 Å². The van der Waals surface area contributed by atoms with Crippen molar-refractivity contribution < 1.29 is 13.2 Å². The van der Waals surface area contributed by atoms with Crippen LogP contribution in [0.2, 0.25) is 0 Å². The normalized spacial score (nSPS) is 20.1. The van der Waals surface area contributed by atoms with E-state index in [9.17, 15) is 8.42 Å². The van der Waals surface area contributed by atoms with E-state index in [1.54, 1.807) is 37.7 Å². The number of hydrogen-bond donors (Lipinski definition) is 0. The molecule has 0 saturated carbocycles. The zero-order valence-electron chi connectivity index (χ0n) is 18.4. The third kappa shape index (κ3) is 3.72. The van der Waals surface area contributed by atoms with Crippen molar-refractivity contribution in [1.82, 2.24) is 13.9 Å². The van der Waals surface area contributed by atoms with Gasteiger partial charge in [-0.05, 0) is 55.8 Å². The first-order chi connectivity index (χ1) is 15.5. The Morgan fingerprint density at radius 3 is 2.78 bits per heavy atom. The summed E-state index contributed by atoms with van der Waals surface area (Å²) in [6, 6.07) is 10.8. The predicted octanol–water partition coefficient (Wildman–Crippen LogP) is 3.22. The highest BCUT2D eigenvalue weighted by Gasteiger charge is 2.26. The van der Waals surface area contributed by atoms with E-state index < -0.39 is 10.0 Å². The average molecular weight is 453 g/mol. The van der Waals surface area contributed by atoms with Gasteiger partial charge in [-0.3, -0.25) is 4.98 Å². The molecular formula is C24H28N4O3S. The highest BCUT2D eigenvalue weighted by molar-refractivity contribution is 7.90. The van der Waals surface area contributed by atoms with Crippen LogP contribution in [-0.2, 0) is 14.8 Å². The molecule has 1 atom stereocenters. The Kier molecular flexibility index (Phi) is 5.53. The molecule has 1 saturated heterocycles. The summed E-state index contributed by atoms with van der Waals surface area (Å²) in [4.78, 5) is 9.24. The number of likely N-dealkylation sites (N-methyl/N-ethyl adjacent to an activating group) is 1. The number of ether oxygens (including phenoxy) is 1. The second kappa shape index (κ2) is 8.35. The minimum Gasteiger partial charge on any atom is -0.380 e. The maximum atomic E-state index is 13.7. The topological polar surface area (TPSA) is 67.7 Å². The van der Waals surface area contributed by atoms with Crippen LogP contribution in [0.25, 0.3) is 16.6 Å². The van der Waals surface area contributed by atoms with Crippen LogP contribution >= 0.6 is 0 Å². The number of fused-ring (bicyclic) bond motifs is 1. The molecule has 8 heteroatoms. The van der Waals surface area contributed by atoms with Gasteiger partial charge in [0.05, 0.1) is 22.0 Å². The highest BCUT2D eigenvalue weighted by Crippen LogP contribution is 2.33. The molecule has 7 nitrogen and oxygen atoms in total. The van der Waals surface area contributed by atoms with Crippen molar-refractivity contribution >= 4 is 32.3 Å². The van der Waals surface area contributed by atoms with Gasteiger partial charge in [0.15, 0.2) is 0 Å². The quantitative estimate of drug-likeness (QED) is 0.592. The Bertz CT molecular complexity index is 1280. The molecule has 0 spiro atoms. The third-order valence-corrected chi connectivity index (χ3v) is 8.17. The molecule has 3 aromatic rings. The van der Waals surface area contributed by atoms with E-state index >= 15 is 0 Å². The number of nitrogens with zero attached hydrogens (tertiary/aromatic N) is 4. The number of benzene rings is 1. The molecule has 2 aliphatic rings. The fourth-order valence-electron chi connectivity index (χ4n) is 4.59. The smallest absolute Gasteiger partial charge is 0.268 e. The number of hydrogen-bond acceptors (Lipinski definition) is 6. The van der Waals surface area contributed by atoms with Crippen molar-refractivity contribution in [3.63, 3.8) is 0 Å². The Hall–Kier alpha value is -2.68. The maximum absolute atomic E-state index is 13.7. The van der Waals surface area contributed by atoms with Crippen molar-refractivity contribution in [3.05, 3.63) is 60.4 Å². The lowest BCUT2D eigenvalue weighted by atomic mass is 10.0. The fourth-order valence-corrected chi connectivity index (χ4v) is 5.99. The van der Waals surface area contributed by atoms with Crippen LogP contribution < -0.4 is 4.90 Å². The third-order valence-electron chi connectivity index (χ3n) is 6.50. The summed E-state index contributed by atoms with van der Waals surface area (Å²) in [5.41, 5.74) is 4.28. The van der Waals surface area contributed by atoms with E-state index in [0.717, 1.165) is 61.4 Å². The number of methoxy groups -OCH3 is 1. The van der Waals surface area contributed by atoms with Gasteiger partial charge in [0.1, 0.15) is 0 Å². The van der Waals surface area contributed by atoms with Crippen molar-refractivity contribution in [1.29, 1.82) is 0 Å². The second-order valence-electron chi connectivity index (χ2n) is 8.55. The zero-order chi connectivity index (χ0) is 22.3. The first-order valence-corrected chi connectivity index (χ1v) is 12.4. The van der Waals surface area contributed by atoms with Crippen LogP contribution in [0, 0.1) is 0 Å². The molecule has 0 radical (unpaired) electrons. The summed E-state index contributed by atoms with van der Waals surface area (Å²) < 4.78 is 34.4. The largest absolute Gasteiger partial charge is 0.380 e. The summed E-state index contributed by atoms with van der Waals surface area (Å²) in [6.45, 7) is 3.41. The van der Waals surface area contributed by atoms with E-state index in [4.69, 9.17) is 4.74 Å². The summed E-state index contributed by atoms with van der Waals surface area (Å²) in [6.07, 6.45) is 7.63. The van der Waals surface area contributed by atoms with E-state index in [2.05, 4.69) is 27.9 Å². The molecule has 168 valence electrons. The van der Waals surface area contributed by atoms with Gasteiger partial charge in [0.25, 0.3) is 10.0 Å². The van der Waals surface area contributed by atoms with Crippen molar-refractivity contribution in [3.8, 4) is 0 Å². The summed E-state index contributed by atoms with van der Waals surface area (Å²) in [5, 5.41) is 0. The molecule has 0 N–H and O–H groups in total. The van der Waals surface area contributed by atoms with Gasteiger partial charge in [0.2, 0.25) is 0 Å². The Morgan fingerprint density at radius 2 is 2.03 bits per heavy atom. The standard InChI is InChI=1S/C24H28N4O3S/c1-26-12-8-18(9-13-26)22-17-28(23-7-4-11-25-24(22)23)32(29,30)21-6-3-5-19(15-21)27-14-10-20(16-27)31-2/h3-8,11,15,17,20H,9-10,12-14,16H2,1-2H3. The number of anilines is 1. The monoisotopic (exact) mass is 452 g/mol. The highest BCUT2D eigenvalue weighted by atomic mass is 32.2.